The number of nitrogens with zero attached hydrogens (tertiary/aromatic N) is 2. The van der Waals surface area contributed by atoms with E-state index in [0.717, 1.165) is 66.1 Å². The standard InChI is InChI=1S/C32H24N2O2/c1-19-13-23(14-20(2)31(19)35-17-33)29-25-9-5-7-11-27(25)30(28-12-8-6-10-26(28)29)24-15-21(3)32(36-18-34)22(4)16-24/h5-16H,1-4H3. The second-order valence-corrected chi connectivity index (χ2v) is 9.11. The number of hydrogen-bond acceptors (Lipinski definition) is 4. The van der Waals surface area contributed by atoms with Crippen LogP contribution in [0.5, 0.6) is 11.5 Å². The molecule has 0 aliphatic carbocycles. The first-order valence-electron chi connectivity index (χ1n) is 11.7. The molecule has 0 fully saturated rings. The maximum absolute atomic E-state index is 9.07. The zero-order chi connectivity index (χ0) is 25.4. The van der Waals surface area contributed by atoms with Crippen molar-refractivity contribution in [2.45, 2.75) is 27.7 Å². The Kier molecular flexibility index (Phi) is 5.80. The summed E-state index contributed by atoms with van der Waals surface area (Å²) in [4.78, 5) is 0. The van der Waals surface area contributed by atoms with Crippen molar-refractivity contribution >= 4 is 21.5 Å². The van der Waals surface area contributed by atoms with Gasteiger partial charge in [0.05, 0.1) is 0 Å². The van der Waals surface area contributed by atoms with Gasteiger partial charge >= 0.3 is 0 Å². The Morgan fingerprint density at radius 3 is 1.03 bits per heavy atom. The number of fused-ring (bicyclic) bond motifs is 2. The Balaban J connectivity index is 1.89. The van der Waals surface area contributed by atoms with Crippen LogP contribution in [0.3, 0.4) is 0 Å². The van der Waals surface area contributed by atoms with E-state index in [1.54, 1.807) is 12.5 Å². The van der Waals surface area contributed by atoms with E-state index in [-0.39, 0.29) is 0 Å². The minimum Gasteiger partial charge on any atom is -0.387 e. The van der Waals surface area contributed by atoms with Gasteiger partial charge < -0.3 is 9.47 Å². The third-order valence-corrected chi connectivity index (χ3v) is 6.72. The Hall–Kier alpha value is -4.80. The lowest BCUT2D eigenvalue weighted by Gasteiger charge is -2.19. The van der Waals surface area contributed by atoms with Gasteiger partial charge in [0, 0.05) is 0 Å². The average molecular weight is 469 g/mol. The van der Waals surface area contributed by atoms with Crippen LogP contribution < -0.4 is 9.47 Å². The molecule has 174 valence electrons. The van der Waals surface area contributed by atoms with Crippen LogP contribution in [0.4, 0.5) is 0 Å². The molecule has 0 amide bonds. The van der Waals surface area contributed by atoms with Crippen LogP contribution in [-0.4, -0.2) is 0 Å². The molecule has 0 heterocycles. The summed E-state index contributed by atoms with van der Waals surface area (Å²) < 4.78 is 10.5. The van der Waals surface area contributed by atoms with E-state index in [1.165, 1.54) is 0 Å². The van der Waals surface area contributed by atoms with Crippen molar-refractivity contribution < 1.29 is 9.47 Å². The highest BCUT2D eigenvalue weighted by molar-refractivity contribution is 6.21. The van der Waals surface area contributed by atoms with Crippen molar-refractivity contribution in [2.24, 2.45) is 0 Å². The van der Waals surface area contributed by atoms with Gasteiger partial charge in [0.1, 0.15) is 11.5 Å². The van der Waals surface area contributed by atoms with Gasteiger partial charge in [-0.05, 0) is 118 Å². The van der Waals surface area contributed by atoms with E-state index in [4.69, 9.17) is 20.0 Å². The molecule has 5 aromatic rings. The summed E-state index contributed by atoms with van der Waals surface area (Å²) in [6.45, 7) is 7.88. The number of aryl methyl sites for hydroxylation is 4. The highest BCUT2D eigenvalue weighted by Gasteiger charge is 2.19. The van der Waals surface area contributed by atoms with Gasteiger partial charge in [-0.3, -0.25) is 0 Å². The molecule has 0 unspecified atom stereocenters. The van der Waals surface area contributed by atoms with E-state index < -0.39 is 0 Å². The van der Waals surface area contributed by atoms with Crippen molar-refractivity contribution in [1.82, 2.24) is 0 Å². The van der Waals surface area contributed by atoms with Gasteiger partial charge in [0.15, 0.2) is 0 Å². The predicted octanol–water partition coefficient (Wildman–Crippen LogP) is 8.28. The van der Waals surface area contributed by atoms with E-state index in [1.807, 2.05) is 27.7 Å². The summed E-state index contributed by atoms with van der Waals surface area (Å²) in [6, 6.07) is 25.3. The highest BCUT2D eigenvalue weighted by Crippen LogP contribution is 2.45. The first-order valence-corrected chi connectivity index (χ1v) is 11.7. The molecule has 0 atom stereocenters. The van der Waals surface area contributed by atoms with Crippen LogP contribution in [0.25, 0.3) is 43.8 Å². The summed E-state index contributed by atoms with van der Waals surface area (Å²) in [5.74, 6) is 1.22. The zero-order valence-electron chi connectivity index (χ0n) is 20.6. The largest absolute Gasteiger partial charge is 0.387 e. The molecule has 0 aliphatic heterocycles. The van der Waals surface area contributed by atoms with Crippen molar-refractivity contribution in [3.8, 4) is 46.3 Å². The highest BCUT2D eigenvalue weighted by atomic mass is 16.5. The number of rotatable bonds is 4. The lowest BCUT2D eigenvalue weighted by Crippen LogP contribution is -1.96. The second kappa shape index (κ2) is 9.10. The van der Waals surface area contributed by atoms with Crippen molar-refractivity contribution in [3.63, 3.8) is 0 Å². The van der Waals surface area contributed by atoms with Crippen LogP contribution in [0, 0.1) is 50.7 Å². The minimum atomic E-state index is 0.608. The first kappa shape index (κ1) is 23.0. The third kappa shape index (κ3) is 3.70. The summed E-state index contributed by atoms with van der Waals surface area (Å²) in [6.07, 6.45) is 3.61. The fraction of sp³-hybridized carbons (Fsp3) is 0.125. The molecule has 0 N–H and O–H groups in total. The quantitative estimate of drug-likeness (QED) is 0.197. The topological polar surface area (TPSA) is 66.0 Å². The lowest BCUT2D eigenvalue weighted by molar-refractivity contribution is 0.499. The summed E-state index contributed by atoms with van der Waals surface area (Å²) in [5, 5.41) is 22.7. The summed E-state index contributed by atoms with van der Waals surface area (Å²) in [5.41, 5.74) is 8.14. The van der Waals surface area contributed by atoms with Crippen LogP contribution in [0.2, 0.25) is 0 Å². The first-order chi connectivity index (χ1) is 17.4. The number of benzene rings is 5. The van der Waals surface area contributed by atoms with Gasteiger partial charge in [0.25, 0.3) is 12.5 Å². The number of hydrogen-bond donors (Lipinski definition) is 0. The summed E-state index contributed by atoms with van der Waals surface area (Å²) in [7, 11) is 0. The van der Waals surface area contributed by atoms with Gasteiger partial charge in [-0.15, -0.1) is 10.5 Å². The molecule has 0 saturated heterocycles. The maximum atomic E-state index is 9.07. The Labute approximate surface area is 210 Å². The molecule has 0 saturated carbocycles. The van der Waals surface area contributed by atoms with Crippen LogP contribution in [0.1, 0.15) is 22.3 Å². The van der Waals surface area contributed by atoms with E-state index in [9.17, 15) is 0 Å². The summed E-state index contributed by atoms with van der Waals surface area (Å²) >= 11 is 0. The van der Waals surface area contributed by atoms with E-state index in [0.29, 0.717) is 11.5 Å². The van der Waals surface area contributed by atoms with Gasteiger partial charge in [-0.1, -0.05) is 48.5 Å². The van der Waals surface area contributed by atoms with Gasteiger partial charge in [0.2, 0.25) is 0 Å². The monoisotopic (exact) mass is 468 g/mol. The molecule has 0 aliphatic rings. The van der Waals surface area contributed by atoms with Crippen molar-refractivity contribution in [3.05, 3.63) is 95.1 Å². The molecule has 0 radical (unpaired) electrons. The SMILES string of the molecule is Cc1cc(-c2c3ccccc3c(-c3cc(C)c(OC#N)c(C)c3)c3ccccc23)cc(C)c1OC#N. The van der Waals surface area contributed by atoms with Crippen LogP contribution >= 0.6 is 0 Å². The molecule has 5 aromatic carbocycles. The second-order valence-electron chi connectivity index (χ2n) is 9.11. The van der Waals surface area contributed by atoms with E-state index in [2.05, 4.69) is 72.8 Å². The molecular weight excluding hydrogens is 444 g/mol. The average Bonchev–Trinajstić information content (AvgIpc) is 2.86. The molecule has 0 spiro atoms. The Morgan fingerprint density at radius 1 is 0.500 bits per heavy atom. The van der Waals surface area contributed by atoms with Gasteiger partial charge in [-0.25, -0.2) is 0 Å². The van der Waals surface area contributed by atoms with Crippen molar-refractivity contribution in [2.75, 3.05) is 0 Å². The molecule has 0 aromatic heterocycles. The lowest BCUT2D eigenvalue weighted by atomic mass is 9.84. The minimum absolute atomic E-state index is 0.608. The molecule has 36 heavy (non-hydrogen) atoms. The Morgan fingerprint density at radius 2 is 0.778 bits per heavy atom. The normalized spacial score (nSPS) is 10.7. The smallest absolute Gasteiger partial charge is 0.292 e. The zero-order valence-corrected chi connectivity index (χ0v) is 20.6. The Bertz CT molecular complexity index is 1520. The predicted molar refractivity (Wildman–Crippen MR) is 144 cm³/mol. The molecule has 5 rings (SSSR count). The molecule has 4 nitrogen and oxygen atoms in total. The molecular formula is C32H24N2O2. The molecule has 4 heteroatoms. The number of nitriles is 2. The molecule has 0 bridgehead atoms. The van der Waals surface area contributed by atoms with Gasteiger partial charge in [-0.2, -0.15) is 0 Å². The fourth-order valence-electron chi connectivity index (χ4n) is 5.35. The fourth-order valence-corrected chi connectivity index (χ4v) is 5.35. The van der Waals surface area contributed by atoms with Crippen molar-refractivity contribution in [1.29, 1.82) is 10.5 Å². The maximum Gasteiger partial charge on any atom is 0.292 e. The number of ether oxygens (including phenoxy) is 2. The van der Waals surface area contributed by atoms with Crippen LogP contribution in [-0.2, 0) is 0 Å². The van der Waals surface area contributed by atoms with Crippen LogP contribution in [0.15, 0.2) is 72.8 Å². The third-order valence-electron chi connectivity index (χ3n) is 6.72. The van der Waals surface area contributed by atoms with E-state index >= 15 is 0 Å².